The molecule has 0 aliphatic rings. The molecule has 1 unspecified atom stereocenters. The van der Waals surface area contributed by atoms with E-state index < -0.39 is 17.0 Å². The maximum Gasteiger partial charge on any atom is 0.384 e. The van der Waals surface area contributed by atoms with Gasteiger partial charge in [-0.15, -0.1) is 0 Å². The Kier molecular flexibility index (Phi) is 4.20. The largest absolute Gasteiger partial charge is 0.459 e. The van der Waals surface area contributed by atoms with Crippen LogP contribution in [0.25, 0.3) is 0 Å². The fraction of sp³-hybridized carbons (Fsp3) is 0.182. The van der Waals surface area contributed by atoms with Gasteiger partial charge in [0.1, 0.15) is 6.10 Å². The van der Waals surface area contributed by atoms with Gasteiger partial charge in [0, 0.05) is 12.0 Å². The van der Waals surface area contributed by atoms with Crippen molar-refractivity contribution in [2.75, 3.05) is 7.11 Å². The molecule has 1 aromatic rings. The van der Waals surface area contributed by atoms with Gasteiger partial charge in [0.25, 0.3) is 5.69 Å². The Hall–Kier alpha value is -2.39. The van der Waals surface area contributed by atoms with Crippen molar-refractivity contribution in [1.29, 1.82) is 0 Å². The van der Waals surface area contributed by atoms with Crippen molar-refractivity contribution in [3.8, 4) is 11.8 Å². The van der Waals surface area contributed by atoms with Gasteiger partial charge < -0.3 is 9.84 Å². The molecular weight excluding hydrogens is 226 g/mol. The molecule has 0 aromatic heterocycles. The number of hydrogen-bond donors (Lipinski definition) is 1. The van der Waals surface area contributed by atoms with Crippen LogP contribution in [0.4, 0.5) is 5.69 Å². The number of rotatable bonds is 2. The fourth-order valence-corrected chi connectivity index (χ4v) is 1.14. The predicted octanol–water partition coefficient (Wildman–Crippen LogP) is 0.805. The molecule has 0 aliphatic carbocycles. The average Bonchev–Trinajstić information content (AvgIpc) is 2.35. The third kappa shape index (κ3) is 3.29. The number of aliphatic hydroxyl groups excluding tert-OH is 1. The third-order valence-electron chi connectivity index (χ3n) is 1.92. The second kappa shape index (κ2) is 5.63. The fourth-order valence-electron chi connectivity index (χ4n) is 1.14. The molecule has 0 aliphatic heterocycles. The lowest BCUT2D eigenvalue weighted by Crippen LogP contribution is -2.01. The summed E-state index contributed by atoms with van der Waals surface area (Å²) >= 11 is 0. The van der Waals surface area contributed by atoms with Gasteiger partial charge in [0.15, 0.2) is 0 Å². The first-order valence-electron chi connectivity index (χ1n) is 4.57. The maximum atomic E-state index is 10.7. The highest BCUT2D eigenvalue weighted by atomic mass is 16.6. The standard InChI is InChI=1S/C11H9NO5/c1-17-11(14)7-6-10(13)8-4-2-3-5-9(8)12(15)16/h2-5,10,13H,1H3. The highest BCUT2D eigenvalue weighted by Crippen LogP contribution is 2.23. The molecule has 1 aromatic carbocycles. The van der Waals surface area contributed by atoms with Crippen LogP contribution in [0.2, 0.25) is 0 Å². The first-order valence-corrected chi connectivity index (χ1v) is 4.57. The summed E-state index contributed by atoms with van der Waals surface area (Å²) < 4.78 is 4.26. The van der Waals surface area contributed by atoms with E-state index in [1.165, 1.54) is 24.3 Å². The summed E-state index contributed by atoms with van der Waals surface area (Å²) in [6, 6.07) is 5.63. The quantitative estimate of drug-likeness (QED) is 0.269. The lowest BCUT2D eigenvalue weighted by Gasteiger charge is -2.03. The number of methoxy groups -OCH3 is 1. The molecule has 0 amide bonds. The van der Waals surface area contributed by atoms with Crippen LogP contribution in [-0.4, -0.2) is 23.1 Å². The van der Waals surface area contributed by atoms with Gasteiger partial charge in [-0.1, -0.05) is 18.1 Å². The Morgan fingerprint density at radius 2 is 2.18 bits per heavy atom. The zero-order valence-corrected chi connectivity index (χ0v) is 8.91. The number of nitro benzene ring substituents is 1. The minimum atomic E-state index is -1.41. The number of nitro groups is 1. The SMILES string of the molecule is COC(=O)C#CC(O)c1ccccc1[N+](=O)[O-]. The van der Waals surface area contributed by atoms with E-state index in [0.29, 0.717) is 0 Å². The molecule has 1 N–H and O–H groups in total. The zero-order chi connectivity index (χ0) is 12.8. The van der Waals surface area contributed by atoms with Gasteiger partial charge in [-0.05, 0) is 6.07 Å². The molecule has 0 bridgehead atoms. The van der Waals surface area contributed by atoms with Gasteiger partial charge in [-0.3, -0.25) is 10.1 Å². The van der Waals surface area contributed by atoms with Crippen LogP contribution >= 0.6 is 0 Å². The highest BCUT2D eigenvalue weighted by Gasteiger charge is 2.17. The lowest BCUT2D eigenvalue weighted by atomic mass is 10.1. The van der Waals surface area contributed by atoms with Crippen molar-refractivity contribution in [3.05, 3.63) is 39.9 Å². The van der Waals surface area contributed by atoms with Crippen molar-refractivity contribution in [3.63, 3.8) is 0 Å². The molecule has 0 saturated heterocycles. The number of hydrogen-bond acceptors (Lipinski definition) is 5. The van der Waals surface area contributed by atoms with Crippen molar-refractivity contribution in [1.82, 2.24) is 0 Å². The molecule has 6 nitrogen and oxygen atoms in total. The van der Waals surface area contributed by atoms with Crippen molar-refractivity contribution < 1.29 is 19.6 Å². The van der Waals surface area contributed by atoms with Gasteiger partial charge in [-0.2, -0.15) is 0 Å². The van der Waals surface area contributed by atoms with E-state index in [9.17, 15) is 20.0 Å². The van der Waals surface area contributed by atoms with Crippen molar-refractivity contribution >= 4 is 11.7 Å². The van der Waals surface area contributed by atoms with Crippen LogP contribution in [0.3, 0.4) is 0 Å². The minimum absolute atomic E-state index is 0.0360. The van der Waals surface area contributed by atoms with Crippen LogP contribution in [0.5, 0.6) is 0 Å². The number of esters is 1. The molecule has 6 heteroatoms. The minimum Gasteiger partial charge on any atom is -0.459 e. The topological polar surface area (TPSA) is 89.7 Å². The van der Waals surface area contributed by atoms with Gasteiger partial charge in [0.05, 0.1) is 17.6 Å². The summed E-state index contributed by atoms with van der Waals surface area (Å²) in [4.78, 5) is 20.8. The van der Waals surface area contributed by atoms with E-state index in [0.717, 1.165) is 7.11 Å². The maximum absolute atomic E-state index is 10.7. The number of carbonyl (C=O) groups excluding carboxylic acids is 1. The molecule has 0 fully saturated rings. The van der Waals surface area contributed by atoms with Gasteiger partial charge in [0.2, 0.25) is 0 Å². The summed E-state index contributed by atoms with van der Waals surface area (Å²) in [5.41, 5.74) is -0.215. The summed E-state index contributed by atoms with van der Waals surface area (Å²) in [6.45, 7) is 0. The van der Waals surface area contributed by atoms with Crippen molar-refractivity contribution in [2.45, 2.75) is 6.10 Å². The molecule has 0 heterocycles. The van der Waals surface area contributed by atoms with E-state index in [-0.39, 0.29) is 11.3 Å². The summed E-state index contributed by atoms with van der Waals surface area (Å²) in [6.07, 6.45) is -1.41. The third-order valence-corrected chi connectivity index (χ3v) is 1.92. The Morgan fingerprint density at radius 1 is 1.53 bits per heavy atom. The first kappa shape index (κ1) is 12.7. The number of para-hydroxylation sites is 1. The van der Waals surface area contributed by atoms with E-state index in [4.69, 9.17) is 0 Å². The molecule has 88 valence electrons. The Balaban J connectivity index is 3.03. The average molecular weight is 235 g/mol. The predicted molar refractivity (Wildman–Crippen MR) is 57.8 cm³/mol. The normalized spacial score (nSPS) is 10.9. The number of aliphatic hydroxyl groups is 1. The van der Waals surface area contributed by atoms with Crippen LogP contribution in [0.15, 0.2) is 24.3 Å². The molecule has 0 saturated carbocycles. The second-order valence-electron chi connectivity index (χ2n) is 2.98. The number of nitrogens with zero attached hydrogens (tertiary/aromatic N) is 1. The Labute approximate surface area is 97.0 Å². The molecule has 17 heavy (non-hydrogen) atoms. The smallest absolute Gasteiger partial charge is 0.384 e. The van der Waals surface area contributed by atoms with E-state index in [1.54, 1.807) is 0 Å². The van der Waals surface area contributed by atoms with Gasteiger partial charge >= 0.3 is 5.97 Å². The Bertz CT molecular complexity index is 500. The second-order valence-corrected chi connectivity index (χ2v) is 2.98. The Morgan fingerprint density at radius 3 is 2.76 bits per heavy atom. The first-order chi connectivity index (χ1) is 8.06. The number of carbonyl (C=O) groups is 1. The van der Waals surface area contributed by atoms with E-state index >= 15 is 0 Å². The molecule has 0 radical (unpaired) electrons. The molecular formula is C11H9NO5. The summed E-state index contributed by atoms with van der Waals surface area (Å²) in [5.74, 6) is 3.37. The van der Waals surface area contributed by atoms with Crippen LogP contribution < -0.4 is 0 Å². The lowest BCUT2D eigenvalue weighted by molar-refractivity contribution is -0.386. The summed E-state index contributed by atoms with van der Waals surface area (Å²) in [5, 5.41) is 20.3. The molecule has 1 rings (SSSR count). The van der Waals surface area contributed by atoms with Gasteiger partial charge in [-0.25, -0.2) is 4.79 Å². The highest BCUT2D eigenvalue weighted by molar-refractivity contribution is 5.88. The van der Waals surface area contributed by atoms with Crippen LogP contribution in [0.1, 0.15) is 11.7 Å². The van der Waals surface area contributed by atoms with E-state index in [1.807, 2.05) is 5.92 Å². The summed E-state index contributed by atoms with van der Waals surface area (Å²) in [7, 11) is 1.15. The van der Waals surface area contributed by atoms with Crippen LogP contribution in [0, 0.1) is 22.0 Å². The molecule has 0 spiro atoms. The zero-order valence-electron chi connectivity index (χ0n) is 8.91. The molecule has 1 atom stereocenters. The van der Waals surface area contributed by atoms with E-state index in [2.05, 4.69) is 10.7 Å². The van der Waals surface area contributed by atoms with Crippen molar-refractivity contribution in [2.24, 2.45) is 0 Å². The number of benzene rings is 1. The number of ether oxygens (including phenoxy) is 1. The monoisotopic (exact) mass is 235 g/mol. The van der Waals surface area contributed by atoms with Crippen LogP contribution in [-0.2, 0) is 9.53 Å².